The zero-order chi connectivity index (χ0) is 14.1. The van der Waals surface area contributed by atoms with Crippen LogP contribution in [-0.4, -0.2) is 0 Å². The summed E-state index contributed by atoms with van der Waals surface area (Å²) in [5.41, 5.74) is 8.55. The zero-order valence-electron chi connectivity index (χ0n) is 11.2. The van der Waals surface area contributed by atoms with Crippen LogP contribution in [0, 0.1) is 0 Å². The van der Waals surface area contributed by atoms with Gasteiger partial charge in [-0.1, -0.05) is 56.1 Å². The summed E-state index contributed by atoms with van der Waals surface area (Å²) in [7, 11) is 0. The van der Waals surface area contributed by atoms with Crippen LogP contribution in [0.15, 0.2) is 56.5 Å². The molecule has 2 unspecified atom stereocenters. The number of ether oxygens (including phenoxy) is 1. The molecular formula is C18H12Br2O. The van der Waals surface area contributed by atoms with E-state index in [-0.39, 0.29) is 12.2 Å². The second kappa shape index (κ2) is 4.31. The lowest BCUT2D eigenvalue weighted by atomic mass is 9.77. The molecule has 2 aromatic rings. The molecule has 1 nitrogen and oxygen atoms in total. The Balaban J connectivity index is 1.69. The number of rotatable bonds is 0. The molecule has 5 rings (SSSR count). The lowest BCUT2D eigenvalue weighted by Crippen LogP contribution is -2.15. The predicted molar refractivity (Wildman–Crippen MR) is 89.3 cm³/mol. The quantitative estimate of drug-likeness (QED) is 0.532. The van der Waals surface area contributed by atoms with Crippen LogP contribution < -0.4 is 0 Å². The third kappa shape index (κ3) is 1.60. The summed E-state index contributed by atoms with van der Waals surface area (Å²) in [6.07, 6.45) is 2.34. The Hall–Kier alpha value is -0.900. The molecule has 104 valence electrons. The van der Waals surface area contributed by atoms with Crippen molar-refractivity contribution in [3.63, 3.8) is 0 Å². The maximum absolute atomic E-state index is 6.35. The minimum atomic E-state index is 0.139. The first-order valence-electron chi connectivity index (χ1n) is 7.16. The normalized spacial score (nSPS) is 24.9. The number of fused-ring (bicyclic) bond motifs is 8. The van der Waals surface area contributed by atoms with Gasteiger partial charge in [0.25, 0.3) is 0 Å². The van der Waals surface area contributed by atoms with E-state index in [1.54, 1.807) is 0 Å². The topological polar surface area (TPSA) is 9.23 Å². The van der Waals surface area contributed by atoms with Crippen LogP contribution in [0.1, 0.15) is 34.5 Å². The Bertz CT molecular complexity index is 756. The SMILES string of the molecule is Brc1ccc(Br)c2c1C1OC2C2=C1Cc1ccccc1C2. The van der Waals surface area contributed by atoms with E-state index in [4.69, 9.17) is 4.74 Å². The van der Waals surface area contributed by atoms with Gasteiger partial charge < -0.3 is 4.74 Å². The molecule has 2 atom stereocenters. The van der Waals surface area contributed by atoms with E-state index in [2.05, 4.69) is 68.3 Å². The van der Waals surface area contributed by atoms with Crippen molar-refractivity contribution >= 4 is 31.9 Å². The van der Waals surface area contributed by atoms with Gasteiger partial charge in [-0.15, -0.1) is 0 Å². The fraction of sp³-hybridized carbons (Fsp3) is 0.222. The summed E-state index contributed by atoms with van der Waals surface area (Å²) < 4.78 is 8.68. The average Bonchev–Trinajstić information content (AvgIpc) is 3.06. The summed E-state index contributed by atoms with van der Waals surface area (Å²) in [4.78, 5) is 0. The van der Waals surface area contributed by atoms with Gasteiger partial charge in [0.15, 0.2) is 0 Å². The van der Waals surface area contributed by atoms with Crippen LogP contribution in [0.5, 0.6) is 0 Å². The standard InChI is InChI=1S/C18H12Br2O/c19-13-5-6-14(20)16-15(13)17-11-7-9-3-1-2-4-10(9)8-12(11)18(16)21-17/h1-6,17-18H,7-8H2. The van der Waals surface area contributed by atoms with Gasteiger partial charge in [-0.3, -0.25) is 0 Å². The van der Waals surface area contributed by atoms with E-state index in [0.717, 1.165) is 12.8 Å². The lowest BCUT2D eigenvalue weighted by Gasteiger charge is -2.26. The molecule has 3 aliphatic rings. The van der Waals surface area contributed by atoms with E-state index in [1.807, 2.05) is 0 Å². The molecule has 2 aromatic carbocycles. The molecule has 0 aromatic heterocycles. The first-order chi connectivity index (χ1) is 10.2. The van der Waals surface area contributed by atoms with Crippen molar-refractivity contribution in [3.05, 3.63) is 78.7 Å². The molecule has 2 bridgehead atoms. The van der Waals surface area contributed by atoms with Gasteiger partial charge >= 0.3 is 0 Å². The zero-order valence-corrected chi connectivity index (χ0v) is 14.4. The molecule has 21 heavy (non-hydrogen) atoms. The Kier molecular flexibility index (Phi) is 2.59. The van der Waals surface area contributed by atoms with Gasteiger partial charge in [0.1, 0.15) is 12.2 Å². The van der Waals surface area contributed by atoms with E-state index in [9.17, 15) is 0 Å². The molecule has 3 heteroatoms. The van der Waals surface area contributed by atoms with Crippen LogP contribution in [0.25, 0.3) is 0 Å². The Morgan fingerprint density at radius 2 is 1.24 bits per heavy atom. The van der Waals surface area contributed by atoms with Gasteiger partial charge in [0.2, 0.25) is 0 Å². The number of halogens is 2. The highest BCUT2D eigenvalue weighted by molar-refractivity contribution is 9.11. The minimum absolute atomic E-state index is 0.139. The number of hydrogen-bond donors (Lipinski definition) is 0. The fourth-order valence-corrected chi connectivity index (χ4v) is 5.07. The second-order valence-corrected chi connectivity index (χ2v) is 7.63. The molecule has 0 amide bonds. The summed E-state index contributed by atoms with van der Waals surface area (Å²) in [6.45, 7) is 0. The molecule has 0 N–H and O–H groups in total. The highest BCUT2D eigenvalue weighted by Crippen LogP contribution is 2.60. The van der Waals surface area contributed by atoms with Gasteiger partial charge in [-0.2, -0.15) is 0 Å². The van der Waals surface area contributed by atoms with Crippen molar-refractivity contribution < 1.29 is 4.74 Å². The maximum Gasteiger partial charge on any atom is 0.107 e. The van der Waals surface area contributed by atoms with Crippen LogP contribution in [0.3, 0.4) is 0 Å². The predicted octanol–water partition coefficient (Wildman–Crippen LogP) is 5.43. The average molecular weight is 404 g/mol. The second-order valence-electron chi connectivity index (χ2n) is 5.93. The van der Waals surface area contributed by atoms with Crippen molar-refractivity contribution in [2.45, 2.75) is 25.0 Å². The maximum atomic E-state index is 6.35. The van der Waals surface area contributed by atoms with Crippen molar-refractivity contribution in [3.8, 4) is 0 Å². The van der Waals surface area contributed by atoms with Gasteiger partial charge in [0, 0.05) is 20.1 Å². The van der Waals surface area contributed by atoms with Crippen molar-refractivity contribution in [2.24, 2.45) is 0 Å². The molecule has 2 aliphatic heterocycles. The molecule has 2 heterocycles. The molecule has 0 saturated heterocycles. The smallest absolute Gasteiger partial charge is 0.107 e. The van der Waals surface area contributed by atoms with Crippen LogP contribution in [0.2, 0.25) is 0 Å². The first-order valence-corrected chi connectivity index (χ1v) is 8.74. The van der Waals surface area contributed by atoms with Crippen molar-refractivity contribution in [1.29, 1.82) is 0 Å². The van der Waals surface area contributed by atoms with Crippen molar-refractivity contribution in [1.82, 2.24) is 0 Å². The number of hydrogen-bond acceptors (Lipinski definition) is 1. The van der Waals surface area contributed by atoms with Crippen molar-refractivity contribution in [2.75, 3.05) is 0 Å². The third-order valence-corrected chi connectivity index (χ3v) is 6.29. The third-order valence-electron chi connectivity index (χ3n) is 4.90. The highest BCUT2D eigenvalue weighted by atomic mass is 79.9. The van der Waals surface area contributed by atoms with Crippen LogP contribution >= 0.6 is 31.9 Å². The van der Waals surface area contributed by atoms with Gasteiger partial charge in [-0.05, 0) is 47.2 Å². The molecule has 1 aliphatic carbocycles. The van der Waals surface area contributed by atoms with Crippen LogP contribution in [-0.2, 0) is 17.6 Å². The largest absolute Gasteiger partial charge is 0.357 e. The molecule has 0 radical (unpaired) electrons. The highest BCUT2D eigenvalue weighted by Gasteiger charge is 2.47. The van der Waals surface area contributed by atoms with E-state index < -0.39 is 0 Å². The summed E-state index contributed by atoms with van der Waals surface area (Å²) in [6, 6.07) is 13.0. The van der Waals surface area contributed by atoms with E-state index >= 15 is 0 Å². The summed E-state index contributed by atoms with van der Waals surface area (Å²) >= 11 is 7.42. The Labute approximate surface area is 140 Å². The first kappa shape index (κ1) is 12.6. The minimum Gasteiger partial charge on any atom is -0.357 e. The van der Waals surface area contributed by atoms with Crippen LogP contribution in [0.4, 0.5) is 0 Å². The van der Waals surface area contributed by atoms with Gasteiger partial charge in [0.05, 0.1) is 0 Å². The van der Waals surface area contributed by atoms with Gasteiger partial charge in [-0.25, -0.2) is 0 Å². The fourth-order valence-electron chi connectivity index (χ4n) is 3.96. The van der Waals surface area contributed by atoms with E-state index in [0.29, 0.717) is 0 Å². The molecular weight excluding hydrogens is 392 g/mol. The Morgan fingerprint density at radius 3 is 1.71 bits per heavy atom. The lowest BCUT2D eigenvalue weighted by molar-refractivity contribution is 0.0777. The van der Waals surface area contributed by atoms with E-state index in [1.165, 1.54) is 42.3 Å². The molecule has 0 spiro atoms. The molecule has 0 saturated carbocycles. The summed E-state index contributed by atoms with van der Waals surface area (Å²) in [5, 5.41) is 0. The monoisotopic (exact) mass is 402 g/mol. The molecule has 0 fully saturated rings. The Morgan fingerprint density at radius 1 is 0.762 bits per heavy atom. The number of benzene rings is 2. The summed E-state index contributed by atoms with van der Waals surface area (Å²) in [5.74, 6) is 0.